The average molecular weight is 555 g/mol. The quantitative estimate of drug-likeness (QED) is 0.229. The molecule has 1 aliphatic heterocycles. The van der Waals surface area contributed by atoms with E-state index < -0.39 is 58.0 Å². The Hall–Kier alpha value is -3.41. The van der Waals surface area contributed by atoms with Gasteiger partial charge in [-0.2, -0.15) is 0 Å². The monoisotopic (exact) mass is 554 g/mol. The van der Waals surface area contributed by atoms with E-state index in [1.54, 1.807) is 26.2 Å². The molecule has 3 aliphatic carbocycles. The van der Waals surface area contributed by atoms with Crippen molar-refractivity contribution in [2.45, 2.75) is 63.3 Å². The first-order valence-electron chi connectivity index (χ1n) is 13.8. The van der Waals surface area contributed by atoms with Crippen LogP contribution in [0.3, 0.4) is 0 Å². The van der Waals surface area contributed by atoms with Crippen LogP contribution in [0.1, 0.15) is 44.2 Å². The van der Waals surface area contributed by atoms with Crippen LogP contribution in [0.5, 0.6) is 5.75 Å². The number of carbonyl (C=O) groups is 3. The number of hydrogen-bond donors (Lipinski definition) is 6. The lowest BCUT2D eigenvalue weighted by molar-refractivity contribution is -0.153. The minimum Gasteiger partial charge on any atom is -0.508 e. The molecular weight excluding hydrogens is 516 g/mol. The Kier molecular flexibility index (Phi) is 6.96. The number of fused-ring (bicyclic) bond motifs is 3. The minimum absolute atomic E-state index is 0.0704. The predicted molar refractivity (Wildman–Crippen MR) is 148 cm³/mol. The molecule has 11 nitrogen and oxygen atoms in total. The molecule has 0 unspecified atom stereocenters. The summed E-state index contributed by atoms with van der Waals surface area (Å²) < 4.78 is 0. The molecule has 2 fully saturated rings. The van der Waals surface area contributed by atoms with Gasteiger partial charge in [0.25, 0.3) is 5.91 Å². The lowest BCUT2D eigenvalue weighted by atomic mass is 9.57. The van der Waals surface area contributed by atoms with E-state index in [1.807, 2.05) is 0 Å². The molecule has 1 heterocycles. The summed E-state index contributed by atoms with van der Waals surface area (Å²) in [6.07, 6.45) is 2.11. The molecule has 11 heteroatoms. The number of aromatic hydroxyl groups is 1. The maximum Gasteiger partial charge on any atom is 0.255 e. The summed E-state index contributed by atoms with van der Waals surface area (Å²) in [5.74, 6) is -6.46. The number of amides is 1. The third-order valence-corrected chi connectivity index (χ3v) is 9.21. The number of phenols is 1. The summed E-state index contributed by atoms with van der Waals surface area (Å²) >= 11 is 0. The van der Waals surface area contributed by atoms with Gasteiger partial charge in [0.1, 0.15) is 22.8 Å². The minimum atomic E-state index is -2.64. The zero-order valence-electron chi connectivity index (χ0n) is 23.3. The standard InChI is InChI=1S/C29H38N4O7/c1-13(2)33-9-7-16(8-10-33)31-18-6-5-14-11-15-12-17-22(32(3)4)25(36)21(28(30)39)27(38)29(17,40)26(37)20(15)24(35)19(14)23(18)34/h5-6,13,15-17,22,31,34-35,38,40H,7-12H2,1-4H3,(H2,30,39)/t15-,17-,22-,29-/m0/s1. The number of likely N-dealkylation sites (tertiary alicyclic amines) is 1. The topological polar surface area (TPSA) is 177 Å². The van der Waals surface area contributed by atoms with Crippen molar-refractivity contribution in [2.75, 3.05) is 32.5 Å². The third-order valence-electron chi connectivity index (χ3n) is 9.21. The summed E-state index contributed by atoms with van der Waals surface area (Å²) in [7, 11) is 3.15. The fourth-order valence-electron chi connectivity index (χ4n) is 7.12. The number of aliphatic hydroxyl groups is 3. The highest BCUT2D eigenvalue weighted by molar-refractivity contribution is 6.24. The van der Waals surface area contributed by atoms with Crippen LogP contribution < -0.4 is 11.1 Å². The summed E-state index contributed by atoms with van der Waals surface area (Å²) in [4.78, 5) is 43.1. The largest absolute Gasteiger partial charge is 0.508 e. The molecule has 0 radical (unpaired) electrons. The van der Waals surface area contributed by atoms with Crippen LogP contribution in [0.25, 0.3) is 5.76 Å². The van der Waals surface area contributed by atoms with Gasteiger partial charge in [0.2, 0.25) is 5.78 Å². The maximum absolute atomic E-state index is 13.9. The smallest absolute Gasteiger partial charge is 0.255 e. The molecule has 0 bridgehead atoms. The molecule has 4 atom stereocenters. The highest BCUT2D eigenvalue weighted by Crippen LogP contribution is 2.53. The maximum atomic E-state index is 13.9. The van der Waals surface area contributed by atoms with Crippen molar-refractivity contribution in [2.24, 2.45) is 17.6 Å². The van der Waals surface area contributed by atoms with Crippen LogP contribution in [0, 0.1) is 11.8 Å². The van der Waals surface area contributed by atoms with E-state index in [-0.39, 0.29) is 35.8 Å². The molecule has 7 N–H and O–H groups in total. The van der Waals surface area contributed by atoms with Crippen LogP contribution in [0.4, 0.5) is 5.69 Å². The Morgan fingerprint density at radius 2 is 1.80 bits per heavy atom. The van der Waals surface area contributed by atoms with Gasteiger partial charge in [0.15, 0.2) is 11.4 Å². The van der Waals surface area contributed by atoms with Crippen molar-refractivity contribution in [1.82, 2.24) is 9.80 Å². The molecule has 1 amide bonds. The van der Waals surface area contributed by atoms with E-state index in [2.05, 4.69) is 24.1 Å². The van der Waals surface area contributed by atoms with Crippen LogP contribution >= 0.6 is 0 Å². The van der Waals surface area contributed by atoms with Crippen LogP contribution in [0.15, 0.2) is 29.0 Å². The first-order valence-corrected chi connectivity index (χ1v) is 13.8. The second-order valence-electron chi connectivity index (χ2n) is 12.0. The van der Waals surface area contributed by atoms with Crippen LogP contribution in [-0.2, 0) is 20.8 Å². The number of ketones is 2. The van der Waals surface area contributed by atoms with E-state index in [4.69, 9.17) is 5.73 Å². The molecule has 216 valence electrons. The van der Waals surface area contributed by atoms with Gasteiger partial charge in [-0.25, -0.2) is 0 Å². The van der Waals surface area contributed by atoms with Gasteiger partial charge in [-0.3, -0.25) is 19.3 Å². The molecule has 1 aromatic rings. The Labute approximate surface area is 232 Å². The van der Waals surface area contributed by atoms with Crippen molar-refractivity contribution in [3.05, 3.63) is 40.2 Å². The number of Topliss-reactive ketones (excluding diaryl/α,β-unsaturated/α-hetero) is 2. The average Bonchev–Trinajstić information content (AvgIpc) is 2.87. The number of anilines is 1. The van der Waals surface area contributed by atoms with Gasteiger partial charge >= 0.3 is 0 Å². The first-order chi connectivity index (χ1) is 18.8. The summed E-state index contributed by atoms with van der Waals surface area (Å²) in [6, 6.07) is 3.06. The van der Waals surface area contributed by atoms with E-state index in [0.29, 0.717) is 17.3 Å². The van der Waals surface area contributed by atoms with Crippen molar-refractivity contribution in [3.8, 4) is 5.75 Å². The lowest BCUT2D eigenvalue weighted by Gasteiger charge is -2.50. The van der Waals surface area contributed by atoms with Crippen molar-refractivity contribution >= 4 is 28.9 Å². The second kappa shape index (κ2) is 9.90. The molecule has 0 spiro atoms. The zero-order chi connectivity index (χ0) is 29.3. The van der Waals surface area contributed by atoms with Crippen molar-refractivity contribution < 1.29 is 34.8 Å². The molecule has 4 aliphatic rings. The molecule has 40 heavy (non-hydrogen) atoms. The van der Waals surface area contributed by atoms with E-state index in [1.165, 1.54) is 4.90 Å². The Balaban J connectivity index is 1.54. The van der Waals surface area contributed by atoms with Crippen molar-refractivity contribution in [3.63, 3.8) is 0 Å². The molecular formula is C29H38N4O7. The molecule has 1 saturated carbocycles. The number of hydrogen-bond acceptors (Lipinski definition) is 10. The SMILES string of the molecule is CC(C)N1CCC(Nc2ccc3c(c2O)C(O)=C2C(=O)[C@]4(O)C(O)=C(C(N)=O)C(=O)[C@@H](N(C)C)[C@@H]4C[C@@H]2C3)CC1. The Bertz CT molecular complexity index is 1340. The lowest BCUT2D eigenvalue weighted by Crippen LogP contribution is -2.65. The van der Waals surface area contributed by atoms with Gasteiger partial charge in [-0.1, -0.05) is 6.07 Å². The number of piperidine rings is 1. The van der Waals surface area contributed by atoms with Gasteiger partial charge in [0.05, 0.1) is 17.3 Å². The van der Waals surface area contributed by atoms with E-state index in [0.717, 1.165) is 25.9 Å². The number of aliphatic hydroxyl groups excluding tert-OH is 2. The summed E-state index contributed by atoms with van der Waals surface area (Å²) in [6.45, 7) is 6.17. The number of likely N-dealkylation sites (N-methyl/N-ethyl adjacent to an activating group) is 1. The van der Waals surface area contributed by atoms with Gasteiger partial charge in [0, 0.05) is 36.7 Å². The Morgan fingerprint density at radius 1 is 1.15 bits per heavy atom. The van der Waals surface area contributed by atoms with Crippen molar-refractivity contribution in [1.29, 1.82) is 0 Å². The fraction of sp³-hybridized carbons (Fsp3) is 0.552. The van der Waals surface area contributed by atoms with Crippen LogP contribution in [0.2, 0.25) is 0 Å². The zero-order valence-corrected chi connectivity index (χ0v) is 23.3. The number of benzene rings is 1. The van der Waals surface area contributed by atoms with E-state index >= 15 is 0 Å². The van der Waals surface area contributed by atoms with Gasteiger partial charge in [-0.15, -0.1) is 0 Å². The second-order valence-corrected chi connectivity index (χ2v) is 12.0. The third kappa shape index (κ3) is 4.10. The number of rotatable bonds is 5. The molecule has 1 saturated heterocycles. The predicted octanol–water partition coefficient (Wildman–Crippen LogP) is 1.25. The molecule has 0 aromatic heterocycles. The van der Waals surface area contributed by atoms with E-state index in [9.17, 15) is 34.8 Å². The molecule has 5 rings (SSSR count). The summed E-state index contributed by atoms with van der Waals surface area (Å²) in [5.41, 5.74) is 2.92. The van der Waals surface area contributed by atoms with Gasteiger partial charge < -0.3 is 36.4 Å². The molecule has 1 aromatic carbocycles. The highest BCUT2D eigenvalue weighted by atomic mass is 16.3. The number of nitrogens with two attached hydrogens (primary N) is 1. The van der Waals surface area contributed by atoms with Crippen LogP contribution in [-0.4, -0.2) is 98.6 Å². The fourth-order valence-corrected chi connectivity index (χ4v) is 7.12. The summed E-state index contributed by atoms with van der Waals surface area (Å²) in [5, 5.41) is 48.7. The number of primary amides is 1. The number of carbonyl (C=O) groups excluding carboxylic acids is 3. The number of phenolic OH excluding ortho intramolecular Hbond substituents is 1. The first kappa shape index (κ1) is 28.1. The highest BCUT2D eigenvalue weighted by Gasteiger charge is 2.64. The Morgan fingerprint density at radius 3 is 2.38 bits per heavy atom. The number of nitrogens with one attached hydrogen (secondary N) is 1. The van der Waals surface area contributed by atoms with Gasteiger partial charge in [-0.05, 0) is 71.2 Å². The number of nitrogens with zero attached hydrogens (tertiary/aromatic N) is 2. The normalized spacial score (nSPS) is 29.5.